The molecule has 0 unspecified atom stereocenters. The molecule has 6 nitrogen and oxygen atoms in total. The lowest BCUT2D eigenvalue weighted by Crippen LogP contribution is -2.49. The zero-order valence-electron chi connectivity index (χ0n) is 16.4. The number of hydrogen-bond acceptors (Lipinski definition) is 4. The molecule has 0 amide bonds. The first-order valence-electron chi connectivity index (χ1n) is 9.53. The van der Waals surface area contributed by atoms with Crippen LogP contribution >= 0.6 is 15.9 Å². The number of ether oxygens (including phenoxy) is 1. The number of rotatable bonds is 4. The summed E-state index contributed by atoms with van der Waals surface area (Å²) < 4.78 is 49.8. The van der Waals surface area contributed by atoms with Crippen LogP contribution in [0.2, 0.25) is 0 Å². The Bertz CT molecular complexity index is 1280. The minimum absolute atomic E-state index is 0.0573. The van der Waals surface area contributed by atoms with Gasteiger partial charge in [0.2, 0.25) is 0 Å². The predicted molar refractivity (Wildman–Crippen MR) is 111 cm³/mol. The third-order valence-corrected chi connectivity index (χ3v) is 6.13. The van der Waals surface area contributed by atoms with Crippen LogP contribution in [-0.2, 0) is 29.8 Å². The van der Waals surface area contributed by atoms with E-state index in [0.717, 1.165) is 17.5 Å². The summed E-state index contributed by atoms with van der Waals surface area (Å²) in [6.07, 6.45) is -0.735. The van der Waals surface area contributed by atoms with Gasteiger partial charge in [0.1, 0.15) is 12.2 Å². The Balaban J connectivity index is 1.56. The van der Waals surface area contributed by atoms with Crippen LogP contribution in [0.5, 0.6) is 0 Å². The molecule has 1 fully saturated rings. The molecule has 0 N–H and O–H groups in total. The smallest absolute Gasteiger partial charge is 0.379 e. The van der Waals surface area contributed by atoms with E-state index in [0.29, 0.717) is 29.8 Å². The minimum atomic E-state index is -4.47. The third-order valence-electron chi connectivity index (χ3n) is 5.68. The van der Waals surface area contributed by atoms with Gasteiger partial charge in [-0.3, -0.25) is 0 Å². The lowest BCUT2D eigenvalue weighted by Gasteiger charge is -2.41. The normalized spacial score (nSPS) is 15.9. The molecule has 1 saturated heterocycles. The number of halogens is 4. The first-order chi connectivity index (χ1) is 14.7. The summed E-state index contributed by atoms with van der Waals surface area (Å²) in [5.74, 6) is 0.846. The average molecular weight is 492 g/mol. The summed E-state index contributed by atoms with van der Waals surface area (Å²) in [5, 5.41) is 12.6. The highest BCUT2D eigenvalue weighted by molar-refractivity contribution is 9.10. The first kappa shape index (κ1) is 20.2. The number of benzene rings is 2. The van der Waals surface area contributed by atoms with Crippen molar-refractivity contribution in [1.29, 1.82) is 0 Å². The molecule has 31 heavy (non-hydrogen) atoms. The highest BCUT2D eigenvalue weighted by Crippen LogP contribution is 2.38. The lowest BCUT2D eigenvalue weighted by molar-refractivity contribution is -0.136. The van der Waals surface area contributed by atoms with Gasteiger partial charge in [0.15, 0.2) is 0 Å². The van der Waals surface area contributed by atoms with Crippen LogP contribution in [0.3, 0.4) is 0 Å². The van der Waals surface area contributed by atoms with Gasteiger partial charge in [-0.25, -0.2) is 4.68 Å². The van der Waals surface area contributed by atoms with E-state index in [4.69, 9.17) is 4.74 Å². The van der Waals surface area contributed by atoms with Crippen molar-refractivity contribution in [2.75, 3.05) is 13.2 Å². The van der Waals surface area contributed by atoms with Crippen LogP contribution in [0.25, 0.3) is 16.6 Å². The van der Waals surface area contributed by atoms with Crippen molar-refractivity contribution >= 4 is 26.8 Å². The minimum Gasteiger partial charge on any atom is -0.379 e. The number of aromatic nitrogens is 5. The van der Waals surface area contributed by atoms with Crippen molar-refractivity contribution in [3.63, 3.8) is 0 Å². The number of alkyl halides is 3. The van der Waals surface area contributed by atoms with E-state index in [2.05, 4.69) is 31.2 Å². The molecule has 0 spiro atoms. The molecule has 4 aromatic rings. The number of hydrogen-bond donors (Lipinski definition) is 0. The van der Waals surface area contributed by atoms with Crippen molar-refractivity contribution in [2.45, 2.75) is 18.0 Å². The molecule has 0 bridgehead atoms. The second-order valence-electron chi connectivity index (χ2n) is 7.82. The Kier molecular flexibility index (Phi) is 4.67. The fourth-order valence-corrected chi connectivity index (χ4v) is 4.37. The highest BCUT2D eigenvalue weighted by Gasteiger charge is 2.42. The average Bonchev–Trinajstić information content (AvgIpc) is 3.29. The summed E-state index contributed by atoms with van der Waals surface area (Å²) in [4.78, 5) is 0. The summed E-state index contributed by atoms with van der Waals surface area (Å²) in [6, 6.07) is 10.3. The maximum Gasteiger partial charge on any atom is 0.417 e. The molecule has 160 valence electrons. The van der Waals surface area contributed by atoms with Gasteiger partial charge in [0.25, 0.3) is 0 Å². The highest BCUT2D eigenvalue weighted by atomic mass is 79.9. The van der Waals surface area contributed by atoms with E-state index in [1.54, 1.807) is 12.4 Å². The standard InChI is InChI=1S/C21H17BrF3N5O/c1-29-12-26-27-19(29)8-20(10-31-11-20)13-3-2-4-15(5-13)30-9-16-17(21(23,24)25)6-14(22)7-18(16)28-30/h2-7,9,12H,8,10-11H2,1H3. The fourth-order valence-electron chi connectivity index (χ4n) is 3.92. The van der Waals surface area contributed by atoms with Crippen LogP contribution < -0.4 is 0 Å². The van der Waals surface area contributed by atoms with Crippen molar-refractivity contribution in [1.82, 2.24) is 24.5 Å². The van der Waals surface area contributed by atoms with Gasteiger partial charge < -0.3 is 9.30 Å². The second-order valence-corrected chi connectivity index (χ2v) is 8.73. The van der Waals surface area contributed by atoms with E-state index in [-0.39, 0.29) is 16.3 Å². The Hall–Kier alpha value is -2.72. The summed E-state index contributed by atoms with van der Waals surface area (Å²) in [5.41, 5.74) is 1.00. The van der Waals surface area contributed by atoms with E-state index >= 15 is 0 Å². The van der Waals surface area contributed by atoms with E-state index < -0.39 is 11.7 Å². The summed E-state index contributed by atoms with van der Waals surface area (Å²) in [7, 11) is 1.89. The maximum absolute atomic E-state index is 13.5. The van der Waals surface area contributed by atoms with Gasteiger partial charge in [-0.05, 0) is 29.8 Å². The lowest BCUT2D eigenvalue weighted by atomic mass is 9.75. The van der Waals surface area contributed by atoms with Gasteiger partial charge in [-0.2, -0.15) is 18.3 Å². The Morgan fingerprint density at radius 3 is 2.65 bits per heavy atom. The Morgan fingerprint density at radius 1 is 1.19 bits per heavy atom. The van der Waals surface area contributed by atoms with Crippen LogP contribution in [0.1, 0.15) is 17.0 Å². The Morgan fingerprint density at radius 2 is 2.00 bits per heavy atom. The van der Waals surface area contributed by atoms with Crippen molar-refractivity contribution in [3.05, 3.63) is 70.3 Å². The van der Waals surface area contributed by atoms with Gasteiger partial charge in [0, 0.05) is 34.9 Å². The molecule has 5 rings (SSSR count). The summed E-state index contributed by atoms with van der Waals surface area (Å²) >= 11 is 3.15. The molecule has 2 aromatic carbocycles. The first-order valence-corrected chi connectivity index (χ1v) is 10.3. The van der Waals surface area contributed by atoms with Crippen molar-refractivity contribution in [3.8, 4) is 5.69 Å². The quantitative estimate of drug-likeness (QED) is 0.423. The van der Waals surface area contributed by atoms with E-state index in [1.165, 1.54) is 10.9 Å². The SMILES string of the molecule is Cn1cnnc1CC1(c2cccc(-n3cc4c(C(F)(F)F)cc(Br)cc4n3)c2)COC1. The van der Waals surface area contributed by atoms with Gasteiger partial charge in [0.05, 0.1) is 30.0 Å². The molecular weight excluding hydrogens is 475 g/mol. The fraction of sp³-hybridized carbons (Fsp3) is 0.286. The maximum atomic E-state index is 13.5. The third kappa shape index (κ3) is 3.53. The van der Waals surface area contributed by atoms with Crippen LogP contribution in [0.15, 0.2) is 53.4 Å². The molecule has 1 aliphatic rings. The largest absolute Gasteiger partial charge is 0.417 e. The van der Waals surface area contributed by atoms with Crippen LogP contribution in [-0.4, -0.2) is 37.8 Å². The molecule has 0 saturated carbocycles. The number of aryl methyl sites for hydroxylation is 1. The van der Waals surface area contributed by atoms with Gasteiger partial charge >= 0.3 is 6.18 Å². The zero-order valence-corrected chi connectivity index (χ0v) is 18.0. The van der Waals surface area contributed by atoms with Gasteiger partial charge in [-0.15, -0.1) is 10.2 Å². The van der Waals surface area contributed by atoms with E-state index in [1.807, 2.05) is 35.9 Å². The molecule has 2 aromatic heterocycles. The molecule has 3 heterocycles. The van der Waals surface area contributed by atoms with Crippen LogP contribution in [0.4, 0.5) is 13.2 Å². The van der Waals surface area contributed by atoms with Crippen LogP contribution in [0, 0.1) is 0 Å². The molecule has 1 aliphatic heterocycles. The predicted octanol–water partition coefficient (Wildman–Crippen LogP) is 4.45. The topological polar surface area (TPSA) is 57.8 Å². The molecule has 0 radical (unpaired) electrons. The van der Waals surface area contributed by atoms with E-state index in [9.17, 15) is 13.2 Å². The second kappa shape index (κ2) is 7.16. The molecular formula is C21H17BrF3N5O. The number of fused-ring (bicyclic) bond motifs is 1. The molecule has 0 aliphatic carbocycles. The Labute approximate surface area is 183 Å². The monoisotopic (exact) mass is 491 g/mol. The van der Waals surface area contributed by atoms with Gasteiger partial charge in [-0.1, -0.05) is 28.1 Å². The number of nitrogens with zero attached hydrogens (tertiary/aromatic N) is 5. The summed E-state index contributed by atoms with van der Waals surface area (Å²) in [6.45, 7) is 1.07. The molecule has 0 atom stereocenters. The van der Waals surface area contributed by atoms with Crippen molar-refractivity contribution in [2.24, 2.45) is 7.05 Å². The van der Waals surface area contributed by atoms with Crippen molar-refractivity contribution < 1.29 is 17.9 Å². The zero-order chi connectivity index (χ0) is 21.8. The molecule has 10 heteroatoms.